The lowest BCUT2D eigenvalue weighted by Crippen LogP contribution is -2.12. The molecule has 2 aromatic carbocycles. The van der Waals surface area contributed by atoms with Crippen molar-refractivity contribution < 1.29 is 14.3 Å². The number of anilines is 1. The predicted octanol–water partition coefficient (Wildman–Crippen LogP) is 3.46. The Labute approximate surface area is 130 Å². The number of nitrogens with two attached hydrogens (primary N) is 1. The number of hydrogen-bond acceptors (Lipinski definition) is 4. The molecule has 0 aliphatic carbocycles. The molecule has 0 bridgehead atoms. The van der Waals surface area contributed by atoms with E-state index in [1.165, 1.54) is 5.56 Å². The highest BCUT2D eigenvalue weighted by Gasteiger charge is 2.12. The van der Waals surface area contributed by atoms with Gasteiger partial charge in [-0.25, -0.2) is 4.79 Å². The molecule has 0 aliphatic heterocycles. The number of rotatable bonds is 6. The SMILES string of the molecule is CC(C)OC(=O)c1ccc(N)c(OCCc2ccccc2)c1. The van der Waals surface area contributed by atoms with Crippen molar-refractivity contribution in [3.8, 4) is 5.75 Å². The van der Waals surface area contributed by atoms with E-state index in [4.69, 9.17) is 15.2 Å². The van der Waals surface area contributed by atoms with Gasteiger partial charge in [-0.1, -0.05) is 30.3 Å². The second-order valence-corrected chi connectivity index (χ2v) is 5.29. The van der Waals surface area contributed by atoms with E-state index in [2.05, 4.69) is 0 Å². The van der Waals surface area contributed by atoms with Crippen LogP contribution in [0.2, 0.25) is 0 Å². The van der Waals surface area contributed by atoms with Crippen molar-refractivity contribution in [2.24, 2.45) is 0 Å². The minimum Gasteiger partial charge on any atom is -0.491 e. The van der Waals surface area contributed by atoms with Crippen LogP contribution in [-0.2, 0) is 11.2 Å². The molecule has 0 aromatic heterocycles. The molecule has 0 saturated carbocycles. The first-order valence-corrected chi connectivity index (χ1v) is 7.33. The second-order valence-electron chi connectivity index (χ2n) is 5.29. The molecule has 22 heavy (non-hydrogen) atoms. The van der Waals surface area contributed by atoms with Crippen LogP contribution in [0, 0.1) is 0 Å². The third-order valence-corrected chi connectivity index (χ3v) is 3.08. The van der Waals surface area contributed by atoms with Gasteiger partial charge in [0.25, 0.3) is 0 Å². The molecule has 2 N–H and O–H groups in total. The Bertz CT molecular complexity index is 623. The fourth-order valence-electron chi connectivity index (χ4n) is 1.99. The van der Waals surface area contributed by atoms with Crippen molar-refractivity contribution in [2.45, 2.75) is 26.4 Å². The van der Waals surface area contributed by atoms with Crippen molar-refractivity contribution in [2.75, 3.05) is 12.3 Å². The Morgan fingerprint density at radius 2 is 1.86 bits per heavy atom. The fraction of sp³-hybridized carbons (Fsp3) is 0.278. The molecule has 0 unspecified atom stereocenters. The first-order chi connectivity index (χ1) is 10.6. The quantitative estimate of drug-likeness (QED) is 0.655. The average Bonchev–Trinajstić information content (AvgIpc) is 2.49. The summed E-state index contributed by atoms with van der Waals surface area (Å²) in [6, 6.07) is 15.0. The molecule has 0 heterocycles. The summed E-state index contributed by atoms with van der Waals surface area (Å²) in [7, 11) is 0. The van der Waals surface area contributed by atoms with Gasteiger partial charge in [-0.2, -0.15) is 0 Å². The van der Waals surface area contributed by atoms with Gasteiger partial charge < -0.3 is 15.2 Å². The van der Waals surface area contributed by atoms with Crippen LogP contribution in [0.3, 0.4) is 0 Å². The molecule has 2 aromatic rings. The van der Waals surface area contributed by atoms with Crippen molar-refractivity contribution in [3.05, 3.63) is 59.7 Å². The summed E-state index contributed by atoms with van der Waals surface area (Å²) in [6.45, 7) is 4.12. The molecular weight excluding hydrogens is 278 g/mol. The summed E-state index contributed by atoms with van der Waals surface area (Å²) >= 11 is 0. The Kier molecular flexibility index (Phi) is 5.42. The van der Waals surface area contributed by atoms with E-state index in [-0.39, 0.29) is 12.1 Å². The number of hydrogen-bond donors (Lipinski definition) is 1. The van der Waals surface area contributed by atoms with Gasteiger partial charge >= 0.3 is 5.97 Å². The smallest absolute Gasteiger partial charge is 0.338 e. The van der Waals surface area contributed by atoms with E-state index >= 15 is 0 Å². The zero-order chi connectivity index (χ0) is 15.9. The van der Waals surface area contributed by atoms with Gasteiger partial charge in [-0.3, -0.25) is 0 Å². The van der Waals surface area contributed by atoms with Gasteiger partial charge in [0.1, 0.15) is 5.75 Å². The Morgan fingerprint density at radius 3 is 2.55 bits per heavy atom. The summed E-state index contributed by atoms with van der Waals surface area (Å²) in [4.78, 5) is 11.9. The first-order valence-electron chi connectivity index (χ1n) is 7.33. The minimum absolute atomic E-state index is 0.160. The van der Waals surface area contributed by atoms with Crippen molar-refractivity contribution in [1.29, 1.82) is 0 Å². The minimum atomic E-state index is -0.372. The highest BCUT2D eigenvalue weighted by atomic mass is 16.5. The lowest BCUT2D eigenvalue weighted by Gasteiger charge is -2.12. The van der Waals surface area contributed by atoms with E-state index in [1.54, 1.807) is 18.2 Å². The third-order valence-electron chi connectivity index (χ3n) is 3.08. The molecule has 0 fully saturated rings. The van der Waals surface area contributed by atoms with Crippen LogP contribution in [0.1, 0.15) is 29.8 Å². The summed E-state index contributed by atoms with van der Waals surface area (Å²) in [5, 5.41) is 0. The van der Waals surface area contributed by atoms with Crippen LogP contribution in [0.25, 0.3) is 0 Å². The van der Waals surface area contributed by atoms with E-state index < -0.39 is 0 Å². The lowest BCUT2D eigenvalue weighted by atomic mass is 10.1. The highest BCUT2D eigenvalue weighted by molar-refractivity contribution is 5.90. The summed E-state index contributed by atoms with van der Waals surface area (Å²) in [6.07, 6.45) is 0.619. The second kappa shape index (κ2) is 7.50. The van der Waals surface area contributed by atoms with Crippen LogP contribution in [0.15, 0.2) is 48.5 Å². The molecule has 2 rings (SSSR count). The number of carbonyl (C=O) groups is 1. The van der Waals surface area contributed by atoms with Gasteiger partial charge in [-0.15, -0.1) is 0 Å². The molecule has 0 aliphatic rings. The van der Waals surface area contributed by atoms with Crippen molar-refractivity contribution >= 4 is 11.7 Å². The topological polar surface area (TPSA) is 61.5 Å². The average molecular weight is 299 g/mol. The monoisotopic (exact) mass is 299 g/mol. The maximum Gasteiger partial charge on any atom is 0.338 e. The predicted molar refractivity (Wildman–Crippen MR) is 87.0 cm³/mol. The molecular formula is C18H21NO3. The molecule has 0 radical (unpaired) electrons. The van der Waals surface area contributed by atoms with Crippen LogP contribution in [-0.4, -0.2) is 18.7 Å². The van der Waals surface area contributed by atoms with E-state index in [0.717, 1.165) is 6.42 Å². The molecule has 0 spiro atoms. The summed E-state index contributed by atoms with van der Waals surface area (Å²) in [5.74, 6) is 0.136. The third kappa shape index (κ3) is 4.52. The zero-order valence-corrected chi connectivity index (χ0v) is 12.9. The Morgan fingerprint density at radius 1 is 1.14 bits per heavy atom. The maximum absolute atomic E-state index is 11.9. The standard InChI is InChI=1S/C18H21NO3/c1-13(2)22-18(20)15-8-9-16(19)17(12-15)21-11-10-14-6-4-3-5-7-14/h3-9,12-13H,10-11,19H2,1-2H3. The Balaban J connectivity index is 1.99. The number of nitrogen functional groups attached to an aromatic ring is 1. The summed E-state index contributed by atoms with van der Waals surface area (Å²) in [5.41, 5.74) is 8.04. The van der Waals surface area contributed by atoms with Crippen LogP contribution >= 0.6 is 0 Å². The molecule has 0 atom stereocenters. The van der Waals surface area contributed by atoms with Crippen LogP contribution in [0.5, 0.6) is 5.75 Å². The highest BCUT2D eigenvalue weighted by Crippen LogP contribution is 2.23. The fourth-order valence-corrected chi connectivity index (χ4v) is 1.99. The number of carbonyl (C=O) groups excluding carboxylic acids is 1. The van der Waals surface area contributed by atoms with Gasteiger partial charge in [0, 0.05) is 6.42 Å². The molecule has 116 valence electrons. The van der Waals surface area contributed by atoms with E-state index in [9.17, 15) is 4.79 Å². The maximum atomic E-state index is 11.9. The van der Waals surface area contributed by atoms with Gasteiger partial charge in [-0.05, 0) is 37.6 Å². The van der Waals surface area contributed by atoms with Crippen LogP contribution in [0.4, 0.5) is 5.69 Å². The van der Waals surface area contributed by atoms with Crippen LogP contribution < -0.4 is 10.5 Å². The summed E-state index contributed by atoms with van der Waals surface area (Å²) < 4.78 is 10.9. The van der Waals surface area contributed by atoms with Gasteiger partial charge in [0.15, 0.2) is 0 Å². The van der Waals surface area contributed by atoms with E-state index in [1.807, 2.05) is 44.2 Å². The first kappa shape index (κ1) is 15.9. The number of benzene rings is 2. The molecule has 0 amide bonds. The lowest BCUT2D eigenvalue weighted by molar-refractivity contribution is 0.0377. The molecule has 4 heteroatoms. The van der Waals surface area contributed by atoms with Crippen molar-refractivity contribution in [1.82, 2.24) is 0 Å². The molecule has 4 nitrogen and oxygen atoms in total. The van der Waals surface area contributed by atoms with Crippen molar-refractivity contribution in [3.63, 3.8) is 0 Å². The zero-order valence-electron chi connectivity index (χ0n) is 12.9. The normalized spacial score (nSPS) is 10.5. The largest absolute Gasteiger partial charge is 0.491 e. The van der Waals surface area contributed by atoms with Gasteiger partial charge in [0.2, 0.25) is 0 Å². The van der Waals surface area contributed by atoms with Gasteiger partial charge in [0.05, 0.1) is 24.0 Å². The molecule has 0 saturated heterocycles. The van der Waals surface area contributed by atoms with E-state index in [0.29, 0.717) is 23.6 Å². The Hall–Kier alpha value is -2.49. The number of ether oxygens (including phenoxy) is 2. The number of esters is 1.